The van der Waals surface area contributed by atoms with Crippen molar-refractivity contribution in [1.29, 1.82) is 0 Å². The van der Waals surface area contributed by atoms with Crippen LogP contribution in [0.1, 0.15) is 99.5 Å². The Morgan fingerprint density at radius 2 is 1.52 bits per heavy atom. The molecule has 0 radical (unpaired) electrons. The molecule has 0 N–H and O–H groups in total. The van der Waals surface area contributed by atoms with Crippen molar-refractivity contribution in [3.8, 4) is 11.8 Å². The molecule has 226 valence electrons. The van der Waals surface area contributed by atoms with Crippen molar-refractivity contribution in [2.24, 2.45) is 0 Å². The monoisotopic (exact) mass is 603 g/mol. The summed E-state index contributed by atoms with van der Waals surface area (Å²) in [6, 6.07) is 7.24. The van der Waals surface area contributed by atoms with Crippen LogP contribution in [0.5, 0.6) is 0 Å². The largest absolute Gasteiger partial charge is 0.386 e. The second-order valence-corrected chi connectivity index (χ2v) is 27.3. The highest BCUT2D eigenvalue weighted by Gasteiger charge is 2.64. The van der Waals surface area contributed by atoms with Gasteiger partial charge in [-0.2, -0.15) is 4.31 Å². The van der Waals surface area contributed by atoms with Crippen molar-refractivity contribution in [3.05, 3.63) is 42.0 Å². The van der Waals surface area contributed by atoms with Gasteiger partial charge in [-0.05, 0) is 74.0 Å². The molecule has 0 spiro atoms. The first-order valence-electron chi connectivity index (χ1n) is 15.1. The Morgan fingerprint density at radius 3 is 2.02 bits per heavy atom. The third kappa shape index (κ3) is 6.89. The van der Waals surface area contributed by atoms with Gasteiger partial charge in [0.2, 0.25) is 15.7 Å². The molecule has 7 heteroatoms. The first-order chi connectivity index (χ1) is 18.1. The predicted molar refractivity (Wildman–Crippen MR) is 177 cm³/mol. The van der Waals surface area contributed by atoms with Crippen molar-refractivity contribution >= 4 is 26.4 Å². The summed E-state index contributed by atoms with van der Waals surface area (Å²) in [5.74, 6) is 6.93. The van der Waals surface area contributed by atoms with E-state index in [1.807, 2.05) is 25.1 Å². The lowest BCUT2D eigenvalue weighted by Gasteiger charge is -2.60. The molecule has 0 saturated heterocycles. The lowest BCUT2D eigenvalue weighted by atomic mass is 10.0. The molecular formula is C33H57NO3SSi2. The van der Waals surface area contributed by atoms with Gasteiger partial charge in [-0.3, -0.25) is 0 Å². The van der Waals surface area contributed by atoms with Crippen LogP contribution in [0.2, 0.25) is 36.3 Å². The molecule has 0 fully saturated rings. The highest BCUT2D eigenvalue weighted by molar-refractivity contribution is 7.89. The summed E-state index contributed by atoms with van der Waals surface area (Å²) < 4.78 is 39.0. The molecule has 0 aliphatic carbocycles. The maximum absolute atomic E-state index is 15.0. The van der Waals surface area contributed by atoms with Crippen LogP contribution >= 0.6 is 0 Å². The number of hydrogen-bond donors (Lipinski definition) is 0. The van der Waals surface area contributed by atoms with E-state index in [2.05, 4.69) is 99.5 Å². The van der Waals surface area contributed by atoms with Gasteiger partial charge in [-0.15, -0.1) is 0 Å². The third-order valence-corrected chi connectivity index (χ3v) is 23.5. The van der Waals surface area contributed by atoms with Crippen molar-refractivity contribution in [1.82, 2.24) is 4.31 Å². The predicted octanol–water partition coefficient (Wildman–Crippen LogP) is 9.44. The molecule has 1 aromatic rings. The standard InChI is InChI=1S/C33H57NO3SSi2/c1-14-15-16-17-18-19-26-33(37-40(12,13)31(6,7)8)27-20-25-32(9,39(10,11)30(3,4)5)34(33)38(35,36)29-23-21-28(2)22-24-29/h20-24,27H,14-18,25H2,1-13H3. The molecule has 1 aromatic carbocycles. The van der Waals surface area contributed by atoms with Crippen LogP contribution in [-0.2, 0) is 14.4 Å². The summed E-state index contributed by atoms with van der Waals surface area (Å²) in [5.41, 5.74) is -0.347. The molecule has 2 unspecified atom stereocenters. The number of unbranched alkanes of at least 4 members (excludes halogenated alkanes) is 4. The Hall–Kier alpha value is -1.18. The number of aryl methyl sites for hydroxylation is 1. The topological polar surface area (TPSA) is 46.6 Å². The van der Waals surface area contributed by atoms with Crippen molar-refractivity contribution in [2.45, 2.75) is 153 Å². The number of benzene rings is 1. The molecule has 0 amide bonds. The zero-order valence-electron chi connectivity index (χ0n) is 27.8. The van der Waals surface area contributed by atoms with Gasteiger partial charge in [0, 0.05) is 11.6 Å². The average molecular weight is 604 g/mol. The number of rotatable bonds is 9. The van der Waals surface area contributed by atoms with Gasteiger partial charge in [-0.25, -0.2) is 8.42 Å². The fraction of sp³-hybridized carbons (Fsp3) is 0.697. The van der Waals surface area contributed by atoms with E-state index < -0.39 is 37.3 Å². The number of hydrogen-bond acceptors (Lipinski definition) is 3. The highest BCUT2D eigenvalue weighted by atomic mass is 32.2. The molecule has 1 heterocycles. The minimum absolute atomic E-state index is 0.0652. The molecule has 1 aliphatic rings. The van der Waals surface area contributed by atoms with E-state index in [0.29, 0.717) is 11.3 Å². The van der Waals surface area contributed by atoms with Crippen LogP contribution in [0, 0.1) is 18.8 Å². The Bertz CT molecular complexity index is 1210. The van der Waals surface area contributed by atoms with Crippen molar-refractivity contribution < 1.29 is 12.8 Å². The molecule has 1 aliphatic heterocycles. The summed E-state index contributed by atoms with van der Waals surface area (Å²) in [7, 11) is -8.84. The van der Waals surface area contributed by atoms with E-state index in [0.717, 1.165) is 24.8 Å². The van der Waals surface area contributed by atoms with Crippen LogP contribution in [0.3, 0.4) is 0 Å². The maximum atomic E-state index is 15.0. The van der Waals surface area contributed by atoms with E-state index in [-0.39, 0.29) is 10.1 Å². The first kappa shape index (κ1) is 35.0. The van der Waals surface area contributed by atoms with Gasteiger partial charge in [0.05, 0.1) is 13.0 Å². The average Bonchev–Trinajstić information content (AvgIpc) is 2.79. The lowest BCUT2D eigenvalue weighted by Crippen LogP contribution is -2.75. The molecular weight excluding hydrogens is 547 g/mol. The second kappa shape index (κ2) is 12.2. The molecule has 40 heavy (non-hydrogen) atoms. The Kier molecular flexibility index (Phi) is 10.7. The summed E-state index contributed by atoms with van der Waals surface area (Å²) in [6.07, 6.45) is 9.97. The van der Waals surface area contributed by atoms with Crippen LogP contribution < -0.4 is 0 Å². The summed E-state index contributed by atoms with van der Waals surface area (Å²) in [4.78, 5) is 0.297. The molecule has 4 nitrogen and oxygen atoms in total. The summed E-state index contributed by atoms with van der Waals surface area (Å²) in [5, 5.41) is -0.867. The number of sulfonamides is 1. The minimum Gasteiger partial charge on any atom is -0.386 e. The maximum Gasteiger partial charge on any atom is 0.246 e. The van der Waals surface area contributed by atoms with E-state index in [9.17, 15) is 8.42 Å². The fourth-order valence-corrected chi connectivity index (χ4v) is 12.2. The second-order valence-electron chi connectivity index (χ2n) is 15.0. The zero-order chi connectivity index (χ0) is 30.8. The SMILES string of the molecule is CCCCCCC#CC1(O[Si](C)(C)C(C)(C)C)C=CCC(C)([Si](C)(C)C(C)(C)C)N1S(=O)(=O)c1ccc(C)cc1. The summed E-state index contributed by atoms with van der Waals surface area (Å²) >= 11 is 0. The minimum atomic E-state index is -4.00. The Morgan fingerprint density at radius 1 is 0.950 bits per heavy atom. The molecule has 2 rings (SSSR count). The highest BCUT2D eigenvalue weighted by Crippen LogP contribution is 2.53. The van der Waals surface area contributed by atoms with Crippen LogP contribution in [0.4, 0.5) is 0 Å². The smallest absolute Gasteiger partial charge is 0.246 e. The third-order valence-electron chi connectivity index (χ3n) is 10.0. The zero-order valence-corrected chi connectivity index (χ0v) is 30.6. The van der Waals surface area contributed by atoms with Gasteiger partial charge in [-0.1, -0.05) is 111 Å². The fourth-order valence-electron chi connectivity index (χ4n) is 5.11. The van der Waals surface area contributed by atoms with Crippen LogP contribution in [0.25, 0.3) is 0 Å². The van der Waals surface area contributed by atoms with Gasteiger partial charge in [0.25, 0.3) is 0 Å². The lowest BCUT2D eigenvalue weighted by molar-refractivity contribution is 0.00612. The van der Waals surface area contributed by atoms with Gasteiger partial charge in [0.1, 0.15) is 0 Å². The quantitative estimate of drug-likeness (QED) is 0.122. The first-order valence-corrected chi connectivity index (χ1v) is 22.4. The normalized spacial score (nSPS) is 23.1. The van der Waals surface area contributed by atoms with E-state index >= 15 is 0 Å². The molecule has 2 atom stereocenters. The Labute approximate surface area is 249 Å². The Balaban J connectivity index is 2.96. The number of nitrogens with zero attached hydrogens (tertiary/aromatic N) is 1. The summed E-state index contributed by atoms with van der Waals surface area (Å²) in [6.45, 7) is 28.8. The van der Waals surface area contributed by atoms with E-state index in [1.54, 1.807) is 16.4 Å². The molecule has 0 bridgehead atoms. The molecule has 0 aromatic heterocycles. The van der Waals surface area contributed by atoms with E-state index in [1.165, 1.54) is 12.8 Å². The van der Waals surface area contributed by atoms with E-state index in [4.69, 9.17) is 4.43 Å². The van der Waals surface area contributed by atoms with Crippen LogP contribution in [0.15, 0.2) is 41.3 Å². The van der Waals surface area contributed by atoms with Gasteiger partial charge >= 0.3 is 0 Å². The van der Waals surface area contributed by atoms with Crippen molar-refractivity contribution in [3.63, 3.8) is 0 Å². The van der Waals surface area contributed by atoms with Gasteiger partial charge in [0.15, 0.2) is 8.32 Å². The van der Waals surface area contributed by atoms with Crippen molar-refractivity contribution in [2.75, 3.05) is 0 Å². The van der Waals surface area contributed by atoms with Gasteiger partial charge < -0.3 is 4.43 Å². The van der Waals surface area contributed by atoms with Crippen LogP contribution in [-0.4, -0.2) is 40.0 Å². The molecule has 0 saturated carbocycles.